The van der Waals surface area contributed by atoms with Crippen LogP contribution in [0.25, 0.3) is 11.0 Å². The maximum absolute atomic E-state index is 12.8. The first-order valence-corrected chi connectivity index (χ1v) is 9.32. The number of nitrogens with zero attached hydrogens (tertiary/aromatic N) is 2. The number of piperidine rings is 1. The van der Waals surface area contributed by atoms with E-state index in [9.17, 15) is 14.7 Å². The highest BCUT2D eigenvalue weighted by molar-refractivity contribution is 5.97. The van der Waals surface area contributed by atoms with Crippen molar-refractivity contribution in [3.63, 3.8) is 0 Å². The molecule has 134 valence electrons. The summed E-state index contributed by atoms with van der Waals surface area (Å²) in [5, 5.41) is 9.23. The first kappa shape index (κ1) is 16.4. The van der Waals surface area contributed by atoms with Crippen LogP contribution in [0.5, 0.6) is 0 Å². The number of carbonyl (C=O) groups is 1. The van der Waals surface area contributed by atoms with Gasteiger partial charge in [-0.3, -0.25) is 9.36 Å². The third kappa shape index (κ3) is 2.99. The first-order valence-electron chi connectivity index (χ1n) is 9.32. The molecule has 6 heteroatoms. The molecule has 0 spiro atoms. The van der Waals surface area contributed by atoms with Crippen molar-refractivity contribution in [2.24, 2.45) is 5.92 Å². The fourth-order valence-electron chi connectivity index (χ4n) is 4.29. The van der Waals surface area contributed by atoms with Gasteiger partial charge in [-0.25, -0.2) is 4.79 Å². The van der Waals surface area contributed by atoms with Crippen LogP contribution in [0.15, 0.2) is 23.0 Å². The minimum atomic E-state index is -0.0738. The molecule has 1 aromatic heterocycles. The van der Waals surface area contributed by atoms with Gasteiger partial charge in [-0.05, 0) is 49.8 Å². The summed E-state index contributed by atoms with van der Waals surface area (Å²) in [5.74, 6) is 0.316. The second-order valence-corrected chi connectivity index (χ2v) is 7.39. The Kier molecular flexibility index (Phi) is 4.37. The van der Waals surface area contributed by atoms with Gasteiger partial charge in [0.15, 0.2) is 0 Å². The van der Waals surface area contributed by atoms with E-state index in [1.54, 1.807) is 0 Å². The molecule has 2 aliphatic rings. The molecule has 0 atom stereocenters. The minimum Gasteiger partial charge on any atom is -0.396 e. The average molecular weight is 343 g/mol. The van der Waals surface area contributed by atoms with Gasteiger partial charge in [0.05, 0.1) is 11.0 Å². The van der Waals surface area contributed by atoms with Crippen LogP contribution in [0.4, 0.5) is 0 Å². The number of aliphatic hydroxyl groups is 1. The van der Waals surface area contributed by atoms with Crippen LogP contribution in [0.1, 0.15) is 54.9 Å². The number of hydrogen-bond donors (Lipinski definition) is 2. The second-order valence-electron chi connectivity index (χ2n) is 7.39. The van der Waals surface area contributed by atoms with Gasteiger partial charge in [0.1, 0.15) is 0 Å². The van der Waals surface area contributed by atoms with Crippen molar-refractivity contribution in [2.75, 3.05) is 19.7 Å². The van der Waals surface area contributed by atoms with E-state index >= 15 is 0 Å². The van der Waals surface area contributed by atoms with Gasteiger partial charge < -0.3 is 15.0 Å². The lowest BCUT2D eigenvalue weighted by molar-refractivity contribution is 0.0651. The van der Waals surface area contributed by atoms with E-state index in [-0.39, 0.29) is 24.2 Å². The molecule has 1 saturated heterocycles. The van der Waals surface area contributed by atoms with Gasteiger partial charge in [0.25, 0.3) is 5.91 Å². The quantitative estimate of drug-likeness (QED) is 0.897. The number of amides is 1. The number of hydrogen-bond acceptors (Lipinski definition) is 3. The van der Waals surface area contributed by atoms with Crippen LogP contribution in [0.2, 0.25) is 0 Å². The molecule has 0 bridgehead atoms. The Morgan fingerprint density at radius 3 is 2.56 bits per heavy atom. The average Bonchev–Trinajstić information content (AvgIpc) is 3.27. The van der Waals surface area contributed by atoms with Crippen molar-refractivity contribution in [2.45, 2.75) is 44.6 Å². The molecule has 1 aromatic carbocycles. The number of likely N-dealkylation sites (tertiary alicyclic amines) is 1. The Labute approximate surface area is 146 Å². The molecule has 2 N–H and O–H groups in total. The van der Waals surface area contributed by atoms with Crippen molar-refractivity contribution in [3.8, 4) is 0 Å². The zero-order valence-corrected chi connectivity index (χ0v) is 14.4. The summed E-state index contributed by atoms with van der Waals surface area (Å²) in [6.45, 7) is 1.56. The molecule has 2 fully saturated rings. The number of benzene rings is 1. The number of aromatic nitrogens is 2. The Bertz CT molecular complexity index is 824. The number of imidazole rings is 1. The maximum atomic E-state index is 12.8. The Balaban J connectivity index is 1.59. The van der Waals surface area contributed by atoms with Crippen LogP contribution >= 0.6 is 0 Å². The van der Waals surface area contributed by atoms with E-state index in [4.69, 9.17) is 0 Å². The molecule has 25 heavy (non-hydrogen) atoms. The minimum absolute atomic E-state index is 0.00718. The molecule has 4 rings (SSSR count). The molecular weight excluding hydrogens is 318 g/mol. The first-order chi connectivity index (χ1) is 12.2. The molecule has 1 aliphatic carbocycles. The summed E-state index contributed by atoms with van der Waals surface area (Å²) in [6.07, 6.45) is 6.13. The summed E-state index contributed by atoms with van der Waals surface area (Å²) in [6, 6.07) is 5.82. The molecule has 2 aromatic rings. The lowest BCUT2D eigenvalue weighted by Crippen LogP contribution is -2.39. The Morgan fingerprint density at radius 1 is 1.16 bits per heavy atom. The van der Waals surface area contributed by atoms with Gasteiger partial charge in [-0.2, -0.15) is 0 Å². The van der Waals surface area contributed by atoms with E-state index in [1.165, 1.54) is 12.8 Å². The number of aliphatic hydroxyl groups excluding tert-OH is 1. The van der Waals surface area contributed by atoms with Crippen molar-refractivity contribution in [1.82, 2.24) is 14.5 Å². The van der Waals surface area contributed by atoms with Crippen LogP contribution in [-0.4, -0.2) is 45.2 Å². The molecule has 0 unspecified atom stereocenters. The highest BCUT2D eigenvalue weighted by Gasteiger charge is 2.25. The molecule has 6 nitrogen and oxygen atoms in total. The highest BCUT2D eigenvalue weighted by atomic mass is 16.3. The second kappa shape index (κ2) is 6.67. The van der Waals surface area contributed by atoms with E-state index in [0.717, 1.165) is 36.7 Å². The topological polar surface area (TPSA) is 78.3 Å². The van der Waals surface area contributed by atoms with E-state index < -0.39 is 0 Å². The summed E-state index contributed by atoms with van der Waals surface area (Å²) in [7, 11) is 0. The molecule has 1 amide bonds. The van der Waals surface area contributed by atoms with Gasteiger partial charge in [0, 0.05) is 31.3 Å². The van der Waals surface area contributed by atoms with Crippen molar-refractivity contribution >= 4 is 16.9 Å². The van der Waals surface area contributed by atoms with E-state index in [1.807, 2.05) is 27.7 Å². The van der Waals surface area contributed by atoms with E-state index in [0.29, 0.717) is 24.6 Å². The lowest BCUT2D eigenvalue weighted by atomic mass is 9.97. The normalized spacial score (nSPS) is 19.8. The highest BCUT2D eigenvalue weighted by Crippen LogP contribution is 2.31. The number of fused-ring (bicyclic) bond motifs is 1. The summed E-state index contributed by atoms with van der Waals surface area (Å²) in [5.41, 5.74) is 2.19. The summed E-state index contributed by atoms with van der Waals surface area (Å²) in [4.78, 5) is 29.9. The zero-order valence-electron chi connectivity index (χ0n) is 14.4. The molecular formula is C19H25N3O3. The number of H-pyrrole nitrogens is 1. The van der Waals surface area contributed by atoms with Crippen LogP contribution in [0.3, 0.4) is 0 Å². The number of carbonyl (C=O) groups excluding carboxylic acids is 1. The lowest BCUT2D eigenvalue weighted by Gasteiger charge is -2.31. The van der Waals surface area contributed by atoms with Crippen LogP contribution in [-0.2, 0) is 0 Å². The monoisotopic (exact) mass is 343 g/mol. The summed E-state index contributed by atoms with van der Waals surface area (Å²) >= 11 is 0. The van der Waals surface area contributed by atoms with Crippen LogP contribution in [0, 0.1) is 5.92 Å². The SMILES string of the molecule is O=C(c1ccc2c(c1)[nH]c(=O)n2C1CCCC1)N1CCC(CO)CC1. The molecule has 2 heterocycles. The van der Waals surface area contributed by atoms with Gasteiger partial charge >= 0.3 is 5.69 Å². The number of rotatable bonds is 3. The smallest absolute Gasteiger partial charge is 0.326 e. The standard InChI is InChI=1S/C19H25N3O3/c23-12-13-7-9-21(10-8-13)18(24)14-5-6-17-16(11-14)20-19(25)22(17)15-3-1-2-4-15/h5-6,11,13,15,23H,1-4,7-10,12H2,(H,20,25). The zero-order chi connectivity index (χ0) is 17.4. The van der Waals surface area contributed by atoms with Crippen LogP contribution < -0.4 is 5.69 Å². The third-order valence-corrected chi connectivity index (χ3v) is 5.81. The van der Waals surface area contributed by atoms with Gasteiger partial charge in [0.2, 0.25) is 0 Å². The Morgan fingerprint density at radius 2 is 1.88 bits per heavy atom. The van der Waals surface area contributed by atoms with Crippen molar-refractivity contribution in [1.29, 1.82) is 0 Å². The predicted molar refractivity (Wildman–Crippen MR) is 95.8 cm³/mol. The van der Waals surface area contributed by atoms with Gasteiger partial charge in [-0.15, -0.1) is 0 Å². The number of nitrogens with one attached hydrogen (secondary N) is 1. The molecule has 1 saturated carbocycles. The van der Waals surface area contributed by atoms with Crippen molar-refractivity contribution < 1.29 is 9.90 Å². The van der Waals surface area contributed by atoms with Crippen molar-refractivity contribution in [3.05, 3.63) is 34.2 Å². The largest absolute Gasteiger partial charge is 0.396 e. The van der Waals surface area contributed by atoms with Gasteiger partial charge in [-0.1, -0.05) is 12.8 Å². The summed E-state index contributed by atoms with van der Waals surface area (Å²) < 4.78 is 1.86. The maximum Gasteiger partial charge on any atom is 0.326 e. The fraction of sp³-hybridized carbons (Fsp3) is 0.579. The van der Waals surface area contributed by atoms with E-state index in [2.05, 4.69) is 4.98 Å². The number of aromatic amines is 1. The molecule has 0 radical (unpaired) electrons. The predicted octanol–water partition coefficient (Wildman–Crippen LogP) is 2.29. The molecule has 1 aliphatic heterocycles. The Hall–Kier alpha value is -2.08. The fourth-order valence-corrected chi connectivity index (χ4v) is 4.29. The third-order valence-electron chi connectivity index (χ3n) is 5.81.